The van der Waals surface area contributed by atoms with Crippen molar-refractivity contribution in [2.75, 3.05) is 7.11 Å². The average molecular weight is 258 g/mol. The van der Waals surface area contributed by atoms with Crippen LogP contribution in [-0.2, 0) is 17.5 Å². The zero-order valence-electron chi connectivity index (χ0n) is 9.34. The van der Waals surface area contributed by atoms with Crippen molar-refractivity contribution < 1.29 is 22.7 Å². The second-order valence-electron chi connectivity index (χ2n) is 3.36. The van der Waals surface area contributed by atoms with Gasteiger partial charge in [0.1, 0.15) is 0 Å². The summed E-state index contributed by atoms with van der Waals surface area (Å²) in [5, 5.41) is 8.67. The molecule has 0 saturated carbocycles. The summed E-state index contributed by atoms with van der Waals surface area (Å²) in [6.07, 6.45) is -4.69. The third kappa shape index (κ3) is 2.60. The second kappa shape index (κ2) is 5.06. The number of alkyl halides is 3. The number of hydrogen-bond donors (Lipinski definition) is 1. The molecule has 0 bridgehead atoms. The number of benzene rings is 1. The summed E-state index contributed by atoms with van der Waals surface area (Å²) in [7, 11) is 1.04. The van der Waals surface area contributed by atoms with Crippen LogP contribution in [0.5, 0.6) is 0 Å². The van der Waals surface area contributed by atoms with E-state index in [2.05, 4.69) is 4.74 Å². The molecule has 96 valence electrons. The first-order valence-electron chi connectivity index (χ1n) is 4.77. The number of esters is 1. The first-order valence-corrected chi connectivity index (χ1v) is 4.77. The van der Waals surface area contributed by atoms with Gasteiger partial charge in [0.15, 0.2) is 0 Å². The highest BCUT2D eigenvalue weighted by Gasteiger charge is 2.35. The van der Waals surface area contributed by atoms with Crippen LogP contribution in [0.15, 0.2) is 12.1 Å². The van der Waals surface area contributed by atoms with Crippen LogP contribution in [0.3, 0.4) is 0 Å². The molecule has 1 aromatic rings. The number of nitriles is 1. The van der Waals surface area contributed by atoms with Gasteiger partial charge in [-0.3, -0.25) is 0 Å². The van der Waals surface area contributed by atoms with Gasteiger partial charge in [-0.05, 0) is 17.7 Å². The SMILES string of the molecule is COC(=O)c1cc(C#N)cc(C(F)(F)F)c1CN. The summed E-state index contributed by atoms with van der Waals surface area (Å²) >= 11 is 0. The highest BCUT2D eigenvalue weighted by Crippen LogP contribution is 2.34. The van der Waals surface area contributed by atoms with Gasteiger partial charge in [-0.15, -0.1) is 0 Å². The fraction of sp³-hybridized carbons (Fsp3) is 0.273. The van der Waals surface area contributed by atoms with E-state index in [4.69, 9.17) is 11.0 Å². The third-order valence-electron chi connectivity index (χ3n) is 2.29. The van der Waals surface area contributed by atoms with E-state index in [1.165, 1.54) is 0 Å². The van der Waals surface area contributed by atoms with Gasteiger partial charge in [0.25, 0.3) is 0 Å². The van der Waals surface area contributed by atoms with Crippen molar-refractivity contribution in [1.29, 1.82) is 5.26 Å². The largest absolute Gasteiger partial charge is 0.465 e. The molecule has 0 aliphatic heterocycles. The Balaban J connectivity index is 3.62. The van der Waals surface area contributed by atoms with Crippen LogP contribution in [0.2, 0.25) is 0 Å². The molecule has 0 unspecified atom stereocenters. The van der Waals surface area contributed by atoms with Crippen LogP contribution < -0.4 is 5.73 Å². The Morgan fingerprint density at radius 1 is 1.50 bits per heavy atom. The van der Waals surface area contributed by atoms with Gasteiger partial charge < -0.3 is 10.5 Å². The molecule has 0 amide bonds. The minimum atomic E-state index is -4.69. The highest BCUT2D eigenvalue weighted by atomic mass is 19.4. The van der Waals surface area contributed by atoms with Gasteiger partial charge >= 0.3 is 12.1 Å². The molecule has 0 spiro atoms. The summed E-state index contributed by atoms with van der Waals surface area (Å²) in [6.45, 7) is -0.481. The monoisotopic (exact) mass is 258 g/mol. The van der Waals surface area contributed by atoms with Gasteiger partial charge in [0.05, 0.1) is 29.9 Å². The molecule has 0 atom stereocenters. The summed E-state index contributed by atoms with van der Waals surface area (Å²) in [6, 6.07) is 3.25. The molecular weight excluding hydrogens is 249 g/mol. The number of nitrogens with zero attached hydrogens (tertiary/aromatic N) is 1. The molecule has 4 nitrogen and oxygen atoms in total. The Bertz CT molecular complexity index is 518. The van der Waals surface area contributed by atoms with Crippen molar-refractivity contribution >= 4 is 5.97 Å². The lowest BCUT2D eigenvalue weighted by atomic mass is 9.97. The third-order valence-corrected chi connectivity index (χ3v) is 2.29. The maximum atomic E-state index is 12.8. The Hall–Kier alpha value is -2.07. The van der Waals surface area contributed by atoms with Crippen LogP contribution in [0.25, 0.3) is 0 Å². The lowest BCUT2D eigenvalue weighted by molar-refractivity contribution is -0.138. The van der Waals surface area contributed by atoms with E-state index in [9.17, 15) is 18.0 Å². The molecular formula is C11H9F3N2O2. The van der Waals surface area contributed by atoms with Crippen LogP contribution in [0.1, 0.15) is 27.0 Å². The molecule has 0 aliphatic rings. The van der Waals surface area contributed by atoms with Crippen molar-refractivity contribution in [3.8, 4) is 6.07 Å². The molecule has 7 heteroatoms. The Morgan fingerprint density at radius 3 is 2.50 bits per heavy atom. The topological polar surface area (TPSA) is 76.1 Å². The smallest absolute Gasteiger partial charge is 0.416 e. The van der Waals surface area contributed by atoms with Crippen molar-refractivity contribution in [3.63, 3.8) is 0 Å². The molecule has 0 radical (unpaired) electrons. The predicted molar refractivity (Wildman–Crippen MR) is 55.4 cm³/mol. The minimum absolute atomic E-state index is 0.278. The molecule has 18 heavy (non-hydrogen) atoms. The fourth-order valence-electron chi connectivity index (χ4n) is 1.50. The van der Waals surface area contributed by atoms with Gasteiger partial charge in [-0.25, -0.2) is 4.79 Å². The molecule has 0 saturated heterocycles. The van der Waals surface area contributed by atoms with E-state index in [0.717, 1.165) is 13.2 Å². The summed E-state index contributed by atoms with van der Waals surface area (Å²) in [4.78, 5) is 11.4. The Morgan fingerprint density at radius 2 is 2.11 bits per heavy atom. The summed E-state index contributed by atoms with van der Waals surface area (Å²) in [5.74, 6) is -0.960. The van der Waals surface area contributed by atoms with E-state index in [0.29, 0.717) is 6.07 Å². The van der Waals surface area contributed by atoms with Crippen LogP contribution in [0, 0.1) is 11.3 Å². The van der Waals surface area contributed by atoms with Gasteiger partial charge in [0, 0.05) is 6.54 Å². The van der Waals surface area contributed by atoms with E-state index in [1.54, 1.807) is 6.07 Å². The molecule has 1 aromatic carbocycles. The predicted octanol–water partition coefficient (Wildman–Crippen LogP) is 1.82. The first-order chi connectivity index (χ1) is 8.35. The molecule has 0 aromatic heterocycles. The van der Waals surface area contributed by atoms with Gasteiger partial charge in [-0.2, -0.15) is 18.4 Å². The fourth-order valence-corrected chi connectivity index (χ4v) is 1.50. The number of hydrogen-bond acceptors (Lipinski definition) is 4. The normalized spacial score (nSPS) is 10.9. The van der Waals surface area contributed by atoms with Crippen molar-refractivity contribution in [2.45, 2.75) is 12.7 Å². The maximum absolute atomic E-state index is 12.8. The first kappa shape index (κ1) is 14.0. The Labute approximate surface area is 101 Å². The van der Waals surface area contributed by atoms with Crippen molar-refractivity contribution in [1.82, 2.24) is 0 Å². The number of rotatable bonds is 2. The number of carbonyl (C=O) groups excluding carboxylic acids is 1. The standard InChI is InChI=1S/C11H9F3N2O2/c1-18-10(17)7-2-6(4-15)3-9(8(7)5-16)11(12,13)14/h2-3H,5,16H2,1H3. The number of carbonyl (C=O) groups is 1. The van der Waals surface area contributed by atoms with E-state index in [-0.39, 0.29) is 16.7 Å². The lowest BCUT2D eigenvalue weighted by Gasteiger charge is -2.15. The zero-order valence-corrected chi connectivity index (χ0v) is 9.34. The van der Waals surface area contributed by atoms with Gasteiger partial charge in [0.2, 0.25) is 0 Å². The quantitative estimate of drug-likeness (QED) is 0.821. The van der Waals surface area contributed by atoms with Crippen LogP contribution in [0.4, 0.5) is 13.2 Å². The molecule has 2 N–H and O–H groups in total. The molecule has 1 rings (SSSR count). The lowest BCUT2D eigenvalue weighted by Crippen LogP contribution is -2.18. The molecule has 0 heterocycles. The molecule has 0 aliphatic carbocycles. The highest BCUT2D eigenvalue weighted by molar-refractivity contribution is 5.92. The number of nitrogens with two attached hydrogens (primary N) is 1. The van der Waals surface area contributed by atoms with E-state index >= 15 is 0 Å². The van der Waals surface area contributed by atoms with E-state index in [1.807, 2.05) is 0 Å². The number of halogens is 3. The van der Waals surface area contributed by atoms with Crippen molar-refractivity contribution in [3.05, 3.63) is 34.4 Å². The summed E-state index contributed by atoms with van der Waals surface area (Å²) in [5.41, 5.74) is 3.15. The number of methoxy groups -OCH3 is 1. The van der Waals surface area contributed by atoms with Crippen molar-refractivity contribution in [2.24, 2.45) is 5.73 Å². The average Bonchev–Trinajstić information content (AvgIpc) is 2.34. The van der Waals surface area contributed by atoms with Gasteiger partial charge in [-0.1, -0.05) is 0 Å². The van der Waals surface area contributed by atoms with E-state index < -0.39 is 24.3 Å². The van der Waals surface area contributed by atoms with Crippen LogP contribution >= 0.6 is 0 Å². The maximum Gasteiger partial charge on any atom is 0.416 e. The molecule has 0 fully saturated rings. The minimum Gasteiger partial charge on any atom is -0.465 e. The number of ether oxygens (including phenoxy) is 1. The Kier molecular flexibility index (Phi) is 3.93. The zero-order chi connectivity index (χ0) is 13.9. The summed E-state index contributed by atoms with van der Waals surface area (Å²) < 4.78 is 42.7. The second-order valence-corrected chi connectivity index (χ2v) is 3.36. The van der Waals surface area contributed by atoms with Crippen LogP contribution in [-0.4, -0.2) is 13.1 Å².